The largest absolute Gasteiger partial charge is 0.353 e. The highest BCUT2D eigenvalue weighted by Crippen LogP contribution is 2.48. The maximum Gasteiger partial charge on any atom is 0.142 e. The number of rotatable bonds is 2. The van der Waals surface area contributed by atoms with Crippen LogP contribution in [0.3, 0.4) is 0 Å². The third-order valence-electron chi connectivity index (χ3n) is 5.93. The first-order chi connectivity index (χ1) is 10.9. The topological polar surface area (TPSA) is 48.1 Å². The third kappa shape index (κ3) is 1.88. The average molecular weight is 297 g/mol. The first-order valence-corrected chi connectivity index (χ1v) is 8.66. The number of nitrogens with one attached hydrogen (secondary N) is 1. The Morgan fingerprint density at radius 3 is 2.82 bits per heavy atom. The van der Waals surface area contributed by atoms with Crippen molar-refractivity contribution in [3.05, 3.63) is 18.6 Å². The quantitative estimate of drug-likeness (QED) is 0.925. The molecule has 3 heterocycles. The number of nitrogens with zero attached hydrogens (tertiary/aromatic N) is 4. The summed E-state index contributed by atoms with van der Waals surface area (Å²) in [4.78, 5) is 17.5. The van der Waals surface area contributed by atoms with Crippen molar-refractivity contribution in [1.29, 1.82) is 0 Å². The zero-order chi connectivity index (χ0) is 14.6. The molecule has 0 unspecified atom stereocenters. The predicted octanol–water partition coefficient (Wildman–Crippen LogP) is 2.56. The molecule has 0 amide bonds. The van der Waals surface area contributed by atoms with E-state index in [1.165, 1.54) is 45.1 Å². The van der Waals surface area contributed by atoms with Gasteiger partial charge in [0, 0.05) is 37.4 Å². The number of piperazine rings is 1. The van der Waals surface area contributed by atoms with Crippen LogP contribution in [0.25, 0.3) is 11.0 Å². The molecule has 22 heavy (non-hydrogen) atoms. The van der Waals surface area contributed by atoms with E-state index < -0.39 is 0 Å². The Morgan fingerprint density at radius 1 is 1.14 bits per heavy atom. The zero-order valence-electron chi connectivity index (χ0n) is 13.0. The maximum atomic E-state index is 4.59. The lowest BCUT2D eigenvalue weighted by molar-refractivity contribution is 0.103. The van der Waals surface area contributed by atoms with Gasteiger partial charge in [-0.25, -0.2) is 9.97 Å². The molecule has 3 aliphatic rings. The Bertz CT molecular complexity index is 683. The van der Waals surface area contributed by atoms with Gasteiger partial charge in [0.1, 0.15) is 17.8 Å². The van der Waals surface area contributed by atoms with Crippen LogP contribution in [0.15, 0.2) is 18.6 Å². The normalized spacial score (nSPS) is 25.4. The Labute approximate surface area is 130 Å². The number of hydrogen-bond acceptors (Lipinski definition) is 4. The fourth-order valence-electron chi connectivity index (χ4n) is 4.66. The van der Waals surface area contributed by atoms with Gasteiger partial charge in [-0.2, -0.15) is 0 Å². The maximum absolute atomic E-state index is 4.59. The van der Waals surface area contributed by atoms with Crippen molar-refractivity contribution >= 4 is 16.9 Å². The standard InChI is InChI=1S/C17H23N5/c1-2-4-13(3-1)22-10-9-21(11-17(22)6-7-17)16-14-5-8-18-15(14)19-12-20-16/h5,8,12-13H,1-4,6-7,9-11H2,(H,18,19,20). The van der Waals surface area contributed by atoms with E-state index in [4.69, 9.17) is 0 Å². The summed E-state index contributed by atoms with van der Waals surface area (Å²) in [5.41, 5.74) is 1.40. The minimum Gasteiger partial charge on any atom is -0.353 e. The van der Waals surface area contributed by atoms with Gasteiger partial charge in [0.25, 0.3) is 0 Å². The molecule has 1 spiro atoms. The van der Waals surface area contributed by atoms with Crippen LogP contribution in [0.1, 0.15) is 38.5 Å². The van der Waals surface area contributed by atoms with E-state index in [1.807, 2.05) is 6.20 Å². The SMILES string of the molecule is c1nc(N2CCN(C3CCCC3)C3(CC3)C2)c2cc[nH]c2n1. The molecular weight excluding hydrogens is 274 g/mol. The van der Waals surface area contributed by atoms with Crippen LogP contribution < -0.4 is 4.90 Å². The van der Waals surface area contributed by atoms with Crippen LogP contribution in [-0.4, -0.2) is 51.1 Å². The Hall–Kier alpha value is -1.62. The molecule has 0 bridgehead atoms. The molecule has 2 aromatic heterocycles. The molecule has 3 fully saturated rings. The second-order valence-corrected chi connectivity index (χ2v) is 7.21. The summed E-state index contributed by atoms with van der Waals surface area (Å²) in [7, 11) is 0. The monoisotopic (exact) mass is 297 g/mol. The van der Waals surface area contributed by atoms with E-state index in [-0.39, 0.29) is 0 Å². The molecule has 2 aromatic rings. The van der Waals surface area contributed by atoms with Crippen LogP contribution in [0.4, 0.5) is 5.82 Å². The van der Waals surface area contributed by atoms with E-state index in [1.54, 1.807) is 6.33 Å². The first-order valence-electron chi connectivity index (χ1n) is 8.66. The van der Waals surface area contributed by atoms with E-state index in [0.717, 1.165) is 36.0 Å². The summed E-state index contributed by atoms with van der Waals surface area (Å²) in [5.74, 6) is 1.11. The molecule has 2 aliphatic carbocycles. The van der Waals surface area contributed by atoms with E-state index in [0.29, 0.717) is 5.54 Å². The van der Waals surface area contributed by atoms with Gasteiger partial charge >= 0.3 is 0 Å². The molecule has 0 radical (unpaired) electrons. The van der Waals surface area contributed by atoms with E-state index >= 15 is 0 Å². The van der Waals surface area contributed by atoms with Crippen LogP contribution in [-0.2, 0) is 0 Å². The smallest absolute Gasteiger partial charge is 0.142 e. The fourth-order valence-corrected chi connectivity index (χ4v) is 4.66. The summed E-state index contributed by atoms with van der Waals surface area (Å²) in [6.45, 7) is 3.43. The van der Waals surface area contributed by atoms with E-state index in [9.17, 15) is 0 Å². The Balaban J connectivity index is 1.43. The summed E-state index contributed by atoms with van der Waals surface area (Å²) in [5, 5.41) is 1.16. The molecule has 1 N–H and O–H groups in total. The number of fused-ring (bicyclic) bond motifs is 1. The van der Waals surface area contributed by atoms with Crippen molar-refractivity contribution in [3.63, 3.8) is 0 Å². The van der Waals surface area contributed by atoms with Crippen LogP contribution in [0.5, 0.6) is 0 Å². The van der Waals surface area contributed by atoms with Crippen molar-refractivity contribution in [2.24, 2.45) is 0 Å². The third-order valence-corrected chi connectivity index (χ3v) is 5.93. The summed E-state index contributed by atoms with van der Waals surface area (Å²) in [6.07, 6.45) is 12.1. The average Bonchev–Trinajstić information content (AvgIpc) is 3.00. The van der Waals surface area contributed by atoms with Gasteiger partial charge in [0.05, 0.1) is 5.39 Å². The lowest BCUT2D eigenvalue weighted by Gasteiger charge is -2.45. The summed E-state index contributed by atoms with van der Waals surface area (Å²) >= 11 is 0. The summed E-state index contributed by atoms with van der Waals surface area (Å²) < 4.78 is 0. The van der Waals surface area contributed by atoms with Crippen LogP contribution in [0.2, 0.25) is 0 Å². The fraction of sp³-hybridized carbons (Fsp3) is 0.647. The molecule has 5 rings (SSSR count). The highest BCUT2D eigenvalue weighted by atomic mass is 15.4. The highest BCUT2D eigenvalue weighted by molar-refractivity contribution is 5.87. The molecule has 1 aliphatic heterocycles. The van der Waals surface area contributed by atoms with Gasteiger partial charge in [-0.15, -0.1) is 0 Å². The lowest BCUT2D eigenvalue weighted by Crippen LogP contribution is -2.58. The van der Waals surface area contributed by atoms with E-state index in [2.05, 4.69) is 30.8 Å². The van der Waals surface area contributed by atoms with Crippen molar-refractivity contribution < 1.29 is 0 Å². The summed E-state index contributed by atoms with van der Waals surface area (Å²) in [6, 6.07) is 2.95. The zero-order valence-corrected chi connectivity index (χ0v) is 13.0. The van der Waals surface area contributed by atoms with Crippen LogP contribution in [0, 0.1) is 0 Å². The second-order valence-electron chi connectivity index (χ2n) is 7.21. The van der Waals surface area contributed by atoms with Crippen molar-refractivity contribution in [2.75, 3.05) is 24.5 Å². The van der Waals surface area contributed by atoms with Gasteiger partial charge < -0.3 is 9.88 Å². The second kappa shape index (κ2) is 4.69. The molecule has 5 heteroatoms. The van der Waals surface area contributed by atoms with Gasteiger partial charge in [-0.1, -0.05) is 12.8 Å². The van der Waals surface area contributed by atoms with Gasteiger partial charge in [0.15, 0.2) is 0 Å². The highest BCUT2D eigenvalue weighted by Gasteiger charge is 2.53. The number of anilines is 1. The lowest BCUT2D eigenvalue weighted by atomic mass is 10.0. The molecule has 0 aromatic carbocycles. The molecular formula is C17H23N5. The number of aromatic nitrogens is 3. The van der Waals surface area contributed by atoms with Gasteiger partial charge in [-0.05, 0) is 31.7 Å². The molecule has 1 saturated heterocycles. The minimum absolute atomic E-state index is 0.445. The van der Waals surface area contributed by atoms with Crippen molar-refractivity contribution in [1.82, 2.24) is 19.9 Å². The molecule has 2 saturated carbocycles. The van der Waals surface area contributed by atoms with Crippen LogP contribution >= 0.6 is 0 Å². The van der Waals surface area contributed by atoms with Gasteiger partial charge in [-0.3, -0.25) is 4.90 Å². The minimum atomic E-state index is 0.445. The van der Waals surface area contributed by atoms with Crippen molar-refractivity contribution in [3.8, 4) is 0 Å². The molecule has 5 nitrogen and oxygen atoms in total. The Morgan fingerprint density at radius 2 is 2.00 bits per heavy atom. The molecule has 116 valence electrons. The molecule has 0 atom stereocenters. The van der Waals surface area contributed by atoms with Crippen molar-refractivity contribution in [2.45, 2.75) is 50.1 Å². The van der Waals surface area contributed by atoms with Gasteiger partial charge in [0.2, 0.25) is 0 Å². The Kier molecular flexibility index (Phi) is 2.74. The number of hydrogen-bond donors (Lipinski definition) is 1. The first kappa shape index (κ1) is 12.9. The predicted molar refractivity (Wildman–Crippen MR) is 87.0 cm³/mol. The number of H-pyrrole nitrogens is 1. The number of aromatic amines is 1.